The summed E-state index contributed by atoms with van der Waals surface area (Å²) in [6.07, 6.45) is 1.82. The molecule has 7 heteroatoms. The van der Waals surface area contributed by atoms with Crippen molar-refractivity contribution in [1.82, 2.24) is 4.90 Å². The van der Waals surface area contributed by atoms with Gasteiger partial charge in [0.1, 0.15) is 5.82 Å². The monoisotopic (exact) mass is 414 g/mol. The molecule has 1 amide bonds. The van der Waals surface area contributed by atoms with Gasteiger partial charge in [-0.05, 0) is 80.6 Å². The number of rotatable bonds is 7. The van der Waals surface area contributed by atoms with Crippen LogP contribution in [-0.4, -0.2) is 35.7 Å². The molecule has 0 aliphatic carbocycles. The van der Waals surface area contributed by atoms with Crippen LogP contribution in [0.25, 0.3) is 6.08 Å². The fraction of sp³-hybridized carbons (Fsp3) is 0.273. The lowest BCUT2D eigenvalue weighted by molar-refractivity contribution is -0.122. The predicted octanol–water partition coefficient (Wildman–Crippen LogP) is 5.25. The van der Waals surface area contributed by atoms with E-state index in [0.29, 0.717) is 47.0 Å². The zero-order valence-corrected chi connectivity index (χ0v) is 17.5. The number of hydrogen-bond acceptors (Lipinski definition) is 5. The van der Waals surface area contributed by atoms with Crippen molar-refractivity contribution in [2.75, 3.05) is 19.8 Å². The molecule has 0 N–H and O–H groups in total. The number of nitrogens with zero attached hydrogens (tertiary/aromatic N) is 2. The van der Waals surface area contributed by atoms with Crippen molar-refractivity contribution in [3.63, 3.8) is 0 Å². The molecule has 1 aliphatic rings. The maximum atomic E-state index is 13.1. The summed E-state index contributed by atoms with van der Waals surface area (Å²) in [7, 11) is 0. The largest absolute Gasteiger partial charge is 0.490 e. The van der Waals surface area contributed by atoms with Gasteiger partial charge in [-0.15, -0.1) is 0 Å². The Morgan fingerprint density at radius 1 is 1.03 bits per heavy atom. The summed E-state index contributed by atoms with van der Waals surface area (Å²) in [5, 5.41) is 0.575. The van der Waals surface area contributed by atoms with Gasteiger partial charge in [-0.1, -0.05) is 6.07 Å². The van der Waals surface area contributed by atoms with Crippen molar-refractivity contribution in [2.24, 2.45) is 4.99 Å². The zero-order chi connectivity index (χ0) is 20.8. The lowest BCUT2D eigenvalue weighted by atomic mass is 10.2. The molecule has 1 saturated heterocycles. The van der Waals surface area contributed by atoms with Crippen LogP contribution in [-0.2, 0) is 4.79 Å². The highest BCUT2D eigenvalue weighted by Gasteiger charge is 2.32. The fourth-order valence-electron chi connectivity index (χ4n) is 2.81. The molecule has 0 radical (unpaired) electrons. The number of benzene rings is 2. The lowest BCUT2D eigenvalue weighted by Gasteiger charge is -2.12. The number of carbonyl (C=O) groups excluding carboxylic acids is 1. The number of amidine groups is 1. The molecule has 0 aromatic heterocycles. The second kappa shape index (κ2) is 9.60. The Morgan fingerprint density at radius 3 is 2.38 bits per heavy atom. The third-order valence-electron chi connectivity index (χ3n) is 4.12. The first-order chi connectivity index (χ1) is 14.0. The molecule has 0 saturated carbocycles. The van der Waals surface area contributed by atoms with E-state index < -0.39 is 0 Å². The summed E-state index contributed by atoms with van der Waals surface area (Å²) >= 11 is 1.30. The molecule has 1 aliphatic heterocycles. The Labute approximate surface area is 174 Å². The van der Waals surface area contributed by atoms with E-state index in [0.717, 1.165) is 5.56 Å². The van der Waals surface area contributed by atoms with E-state index in [2.05, 4.69) is 4.99 Å². The summed E-state index contributed by atoms with van der Waals surface area (Å²) < 4.78 is 24.4. The third kappa shape index (κ3) is 4.98. The topological polar surface area (TPSA) is 51.1 Å². The second-order valence-electron chi connectivity index (χ2n) is 6.10. The van der Waals surface area contributed by atoms with Crippen LogP contribution in [0.3, 0.4) is 0 Å². The maximum Gasteiger partial charge on any atom is 0.266 e. The van der Waals surface area contributed by atoms with Gasteiger partial charge in [0.25, 0.3) is 5.91 Å². The molecule has 0 atom stereocenters. The van der Waals surface area contributed by atoms with Crippen LogP contribution in [0.5, 0.6) is 11.5 Å². The fourth-order valence-corrected chi connectivity index (χ4v) is 3.87. The second-order valence-corrected chi connectivity index (χ2v) is 7.11. The Morgan fingerprint density at radius 2 is 1.72 bits per heavy atom. The normalized spacial score (nSPS) is 16.7. The Bertz CT molecular complexity index is 942. The number of carbonyl (C=O) groups is 1. The first kappa shape index (κ1) is 20.9. The van der Waals surface area contributed by atoms with Crippen LogP contribution in [0.15, 0.2) is 52.4 Å². The number of halogens is 1. The van der Waals surface area contributed by atoms with E-state index in [9.17, 15) is 9.18 Å². The molecule has 5 nitrogen and oxygen atoms in total. The highest BCUT2D eigenvalue weighted by atomic mass is 32.2. The molecule has 0 bridgehead atoms. The average molecular weight is 415 g/mol. The Balaban J connectivity index is 1.90. The van der Waals surface area contributed by atoms with Crippen LogP contribution >= 0.6 is 11.8 Å². The average Bonchev–Trinajstić information content (AvgIpc) is 3.00. The Hall–Kier alpha value is -2.80. The molecule has 0 spiro atoms. The molecule has 2 aromatic rings. The summed E-state index contributed by atoms with van der Waals surface area (Å²) in [5.41, 5.74) is 1.44. The van der Waals surface area contributed by atoms with E-state index in [1.165, 1.54) is 23.9 Å². The van der Waals surface area contributed by atoms with Gasteiger partial charge in [0.15, 0.2) is 16.7 Å². The standard InChI is InChI=1S/C22H23FN2O3S/c1-4-25-21(26)20(29-22(25)24-17-10-8-16(23)9-11-17)14-15-7-12-18(27-5-2)19(13-15)28-6-3/h7-14H,4-6H2,1-3H3/b20-14+,24-22?. The minimum Gasteiger partial charge on any atom is -0.490 e. The Kier molecular flexibility index (Phi) is 6.93. The molecule has 0 unspecified atom stereocenters. The quantitative estimate of drug-likeness (QED) is 0.581. The number of hydrogen-bond donors (Lipinski definition) is 0. The van der Waals surface area contributed by atoms with Crippen molar-refractivity contribution in [3.05, 3.63) is 58.8 Å². The first-order valence-electron chi connectivity index (χ1n) is 9.51. The van der Waals surface area contributed by atoms with E-state index in [4.69, 9.17) is 9.47 Å². The number of likely N-dealkylation sites (N-methyl/N-ethyl adjacent to an activating group) is 1. The molecule has 2 aromatic carbocycles. The van der Waals surface area contributed by atoms with Crippen molar-refractivity contribution in [3.8, 4) is 11.5 Å². The van der Waals surface area contributed by atoms with Gasteiger partial charge in [0.05, 0.1) is 23.8 Å². The van der Waals surface area contributed by atoms with E-state index in [-0.39, 0.29) is 11.7 Å². The minimum atomic E-state index is -0.322. The highest BCUT2D eigenvalue weighted by molar-refractivity contribution is 8.18. The molecule has 1 heterocycles. The van der Waals surface area contributed by atoms with Gasteiger partial charge < -0.3 is 9.47 Å². The van der Waals surface area contributed by atoms with E-state index in [1.54, 1.807) is 17.0 Å². The maximum absolute atomic E-state index is 13.1. The van der Waals surface area contributed by atoms with Gasteiger partial charge in [-0.25, -0.2) is 9.38 Å². The van der Waals surface area contributed by atoms with Crippen LogP contribution in [0.4, 0.5) is 10.1 Å². The number of thioether (sulfide) groups is 1. The lowest BCUT2D eigenvalue weighted by Crippen LogP contribution is -2.28. The minimum absolute atomic E-state index is 0.106. The summed E-state index contributed by atoms with van der Waals surface area (Å²) in [5.74, 6) is 0.894. The predicted molar refractivity (Wildman–Crippen MR) is 115 cm³/mol. The van der Waals surface area contributed by atoms with Crippen molar-refractivity contribution >= 4 is 34.6 Å². The highest BCUT2D eigenvalue weighted by Crippen LogP contribution is 2.35. The number of aliphatic imine (C=N–C) groups is 1. The zero-order valence-electron chi connectivity index (χ0n) is 16.6. The van der Waals surface area contributed by atoms with Gasteiger partial charge in [0.2, 0.25) is 0 Å². The smallest absolute Gasteiger partial charge is 0.266 e. The van der Waals surface area contributed by atoms with Crippen LogP contribution < -0.4 is 9.47 Å². The summed E-state index contributed by atoms with van der Waals surface area (Å²) in [6.45, 7) is 7.28. The molecule has 152 valence electrons. The molecular formula is C22H23FN2O3S. The number of amides is 1. The SMILES string of the molecule is CCOc1ccc(/C=C2/SC(=Nc3ccc(F)cc3)N(CC)C2=O)cc1OCC. The van der Waals surface area contributed by atoms with Crippen molar-refractivity contribution in [1.29, 1.82) is 0 Å². The van der Waals surface area contributed by atoms with Gasteiger partial charge in [-0.2, -0.15) is 0 Å². The molecule has 29 heavy (non-hydrogen) atoms. The van der Waals surface area contributed by atoms with Crippen molar-refractivity contribution < 1.29 is 18.7 Å². The third-order valence-corrected chi connectivity index (χ3v) is 5.13. The molecular weight excluding hydrogens is 391 g/mol. The first-order valence-corrected chi connectivity index (χ1v) is 10.3. The summed E-state index contributed by atoms with van der Waals surface area (Å²) in [4.78, 5) is 19.5. The van der Waals surface area contributed by atoms with Crippen molar-refractivity contribution in [2.45, 2.75) is 20.8 Å². The number of ether oxygens (including phenoxy) is 2. The van der Waals surface area contributed by atoms with Gasteiger partial charge in [0, 0.05) is 6.54 Å². The van der Waals surface area contributed by atoms with Crippen LogP contribution in [0.1, 0.15) is 26.3 Å². The van der Waals surface area contributed by atoms with Gasteiger partial charge in [-0.3, -0.25) is 9.69 Å². The summed E-state index contributed by atoms with van der Waals surface area (Å²) in [6, 6.07) is 11.5. The molecule has 3 rings (SSSR count). The van der Waals surface area contributed by atoms with Gasteiger partial charge >= 0.3 is 0 Å². The van der Waals surface area contributed by atoms with E-state index >= 15 is 0 Å². The van der Waals surface area contributed by atoms with Crippen LogP contribution in [0, 0.1) is 5.82 Å². The molecule has 1 fully saturated rings. The van der Waals surface area contributed by atoms with Crippen LogP contribution in [0.2, 0.25) is 0 Å². The van der Waals surface area contributed by atoms with E-state index in [1.807, 2.05) is 45.0 Å².